The molecule has 2 aromatic carbocycles. The SMILES string of the molecule is CS(=O)(=O)c1ccc2c(c1)sc1nc(-c3ccc(C(F)(F)F)cc3)cn12. The van der Waals surface area contributed by atoms with Gasteiger partial charge in [-0.25, -0.2) is 13.4 Å². The van der Waals surface area contributed by atoms with Gasteiger partial charge in [-0.15, -0.1) is 0 Å². The number of fused-ring (bicyclic) bond motifs is 3. The first kappa shape index (κ1) is 17.0. The Morgan fingerprint density at radius 1 is 1.08 bits per heavy atom. The molecule has 4 rings (SSSR count). The van der Waals surface area contributed by atoms with Crippen molar-refractivity contribution in [1.82, 2.24) is 9.38 Å². The minimum absolute atomic E-state index is 0.234. The largest absolute Gasteiger partial charge is 0.416 e. The highest BCUT2D eigenvalue weighted by molar-refractivity contribution is 7.90. The second kappa shape index (κ2) is 5.55. The van der Waals surface area contributed by atoms with Gasteiger partial charge in [-0.1, -0.05) is 23.5 Å². The molecular formula is C17H11F3N2O2S2. The zero-order valence-corrected chi connectivity index (χ0v) is 14.9. The number of imidazole rings is 1. The molecule has 0 spiro atoms. The molecule has 134 valence electrons. The molecule has 0 aliphatic rings. The lowest BCUT2D eigenvalue weighted by molar-refractivity contribution is -0.137. The summed E-state index contributed by atoms with van der Waals surface area (Å²) in [5, 5.41) is 0. The predicted octanol–water partition coefficient (Wildman–Crippen LogP) is 4.64. The average molecular weight is 396 g/mol. The maximum Gasteiger partial charge on any atom is 0.416 e. The molecule has 0 saturated carbocycles. The van der Waals surface area contributed by atoms with Gasteiger partial charge in [0.05, 0.1) is 26.4 Å². The molecule has 0 saturated heterocycles. The number of alkyl halides is 3. The van der Waals surface area contributed by atoms with Gasteiger partial charge in [-0.3, -0.25) is 4.40 Å². The van der Waals surface area contributed by atoms with Crippen molar-refractivity contribution in [2.75, 3.05) is 6.26 Å². The molecule has 4 aromatic rings. The van der Waals surface area contributed by atoms with Crippen LogP contribution in [0.1, 0.15) is 5.56 Å². The number of nitrogens with zero attached hydrogens (tertiary/aromatic N) is 2. The fraction of sp³-hybridized carbons (Fsp3) is 0.118. The number of halogens is 3. The summed E-state index contributed by atoms with van der Waals surface area (Å²) in [5.41, 5.74) is 1.22. The Kier molecular flexibility index (Phi) is 3.64. The number of thiazole rings is 1. The summed E-state index contributed by atoms with van der Waals surface area (Å²) >= 11 is 1.32. The lowest BCUT2D eigenvalue weighted by Crippen LogP contribution is -2.03. The lowest BCUT2D eigenvalue weighted by Gasteiger charge is -2.06. The van der Waals surface area contributed by atoms with Crippen LogP contribution in [0.15, 0.2) is 53.6 Å². The highest BCUT2D eigenvalue weighted by Gasteiger charge is 2.30. The summed E-state index contributed by atoms with van der Waals surface area (Å²) in [7, 11) is -3.30. The highest BCUT2D eigenvalue weighted by atomic mass is 32.2. The van der Waals surface area contributed by atoms with Gasteiger partial charge in [0.1, 0.15) is 0 Å². The Bertz CT molecular complexity index is 1240. The first-order chi connectivity index (χ1) is 12.1. The van der Waals surface area contributed by atoms with E-state index in [2.05, 4.69) is 4.98 Å². The summed E-state index contributed by atoms with van der Waals surface area (Å²) in [5.74, 6) is 0. The molecule has 4 nitrogen and oxygen atoms in total. The Morgan fingerprint density at radius 3 is 2.38 bits per heavy atom. The zero-order chi connectivity index (χ0) is 18.7. The van der Waals surface area contributed by atoms with Gasteiger partial charge in [0, 0.05) is 18.0 Å². The fourth-order valence-electron chi connectivity index (χ4n) is 2.68. The van der Waals surface area contributed by atoms with Crippen LogP contribution in [0.5, 0.6) is 0 Å². The topological polar surface area (TPSA) is 51.4 Å². The van der Waals surface area contributed by atoms with Crippen molar-refractivity contribution in [2.24, 2.45) is 0 Å². The van der Waals surface area contributed by atoms with E-state index in [0.717, 1.165) is 28.6 Å². The van der Waals surface area contributed by atoms with E-state index in [-0.39, 0.29) is 4.90 Å². The van der Waals surface area contributed by atoms with Gasteiger partial charge in [0.2, 0.25) is 0 Å². The number of benzene rings is 2. The number of rotatable bonds is 2. The molecule has 2 heterocycles. The molecule has 0 aliphatic heterocycles. The van der Waals surface area contributed by atoms with E-state index < -0.39 is 21.6 Å². The Balaban J connectivity index is 1.79. The number of sulfone groups is 1. The summed E-state index contributed by atoms with van der Waals surface area (Å²) in [4.78, 5) is 5.33. The molecule has 0 N–H and O–H groups in total. The maximum absolute atomic E-state index is 12.7. The van der Waals surface area contributed by atoms with Crippen molar-refractivity contribution in [3.8, 4) is 11.3 Å². The summed E-state index contributed by atoms with van der Waals surface area (Å²) in [6.07, 6.45) is -1.49. The van der Waals surface area contributed by atoms with E-state index in [1.165, 1.54) is 29.5 Å². The molecule has 9 heteroatoms. The Hall–Kier alpha value is -2.39. The van der Waals surface area contributed by atoms with Crippen LogP contribution in [0.2, 0.25) is 0 Å². The second-order valence-corrected chi connectivity index (χ2v) is 8.88. The van der Waals surface area contributed by atoms with Crippen LogP contribution in [0.25, 0.3) is 26.4 Å². The smallest absolute Gasteiger partial charge is 0.290 e. The first-order valence-corrected chi connectivity index (χ1v) is 10.1. The van der Waals surface area contributed by atoms with Crippen molar-refractivity contribution in [3.05, 3.63) is 54.2 Å². The normalized spacial score (nSPS) is 12.9. The van der Waals surface area contributed by atoms with E-state index in [1.54, 1.807) is 22.7 Å². The lowest BCUT2D eigenvalue weighted by atomic mass is 10.1. The quantitative estimate of drug-likeness (QED) is 0.496. The molecule has 26 heavy (non-hydrogen) atoms. The van der Waals surface area contributed by atoms with Crippen LogP contribution in [0.3, 0.4) is 0 Å². The average Bonchev–Trinajstić information content (AvgIpc) is 3.10. The third-order valence-electron chi connectivity index (χ3n) is 4.00. The molecule has 0 fully saturated rings. The van der Waals surface area contributed by atoms with Gasteiger partial charge >= 0.3 is 6.18 Å². The van der Waals surface area contributed by atoms with Crippen LogP contribution in [-0.4, -0.2) is 24.1 Å². The van der Waals surface area contributed by atoms with E-state index in [1.807, 2.05) is 0 Å². The molecule has 0 bridgehead atoms. The maximum atomic E-state index is 12.7. The third-order valence-corrected chi connectivity index (χ3v) is 6.13. The van der Waals surface area contributed by atoms with Gasteiger partial charge in [0.15, 0.2) is 14.8 Å². The van der Waals surface area contributed by atoms with Crippen molar-refractivity contribution in [3.63, 3.8) is 0 Å². The summed E-state index contributed by atoms with van der Waals surface area (Å²) in [6.45, 7) is 0. The number of hydrogen-bond acceptors (Lipinski definition) is 4. The number of aromatic nitrogens is 2. The summed E-state index contributed by atoms with van der Waals surface area (Å²) < 4.78 is 63.9. The van der Waals surface area contributed by atoms with Crippen molar-refractivity contribution in [2.45, 2.75) is 11.1 Å². The number of hydrogen-bond donors (Lipinski definition) is 0. The molecule has 2 aromatic heterocycles. The summed E-state index contributed by atoms with van der Waals surface area (Å²) in [6, 6.07) is 9.66. The molecule has 0 aliphatic carbocycles. The first-order valence-electron chi connectivity index (χ1n) is 7.42. The van der Waals surface area contributed by atoms with E-state index >= 15 is 0 Å². The van der Waals surface area contributed by atoms with Crippen LogP contribution in [0.4, 0.5) is 13.2 Å². The minimum atomic E-state index is -4.37. The van der Waals surface area contributed by atoms with Crippen molar-refractivity contribution < 1.29 is 21.6 Å². The van der Waals surface area contributed by atoms with E-state index in [0.29, 0.717) is 16.2 Å². The van der Waals surface area contributed by atoms with Gasteiger partial charge < -0.3 is 0 Å². The highest BCUT2D eigenvalue weighted by Crippen LogP contribution is 2.33. The van der Waals surface area contributed by atoms with Gasteiger partial charge in [-0.05, 0) is 30.3 Å². The Morgan fingerprint density at radius 2 is 1.77 bits per heavy atom. The van der Waals surface area contributed by atoms with Crippen LogP contribution < -0.4 is 0 Å². The molecule has 0 atom stereocenters. The van der Waals surface area contributed by atoms with Crippen LogP contribution in [0, 0.1) is 0 Å². The predicted molar refractivity (Wildman–Crippen MR) is 94.1 cm³/mol. The van der Waals surface area contributed by atoms with Crippen molar-refractivity contribution in [1.29, 1.82) is 0 Å². The third kappa shape index (κ3) is 2.86. The van der Waals surface area contributed by atoms with Crippen LogP contribution >= 0.6 is 11.3 Å². The van der Waals surface area contributed by atoms with E-state index in [4.69, 9.17) is 0 Å². The fourth-order valence-corrected chi connectivity index (χ4v) is 4.45. The second-order valence-electron chi connectivity index (χ2n) is 5.86. The molecular weight excluding hydrogens is 385 g/mol. The zero-order valence-electron chi connectivity index (χ0n) is 13.3. The molecule has 0 unspecified atom stereocenters. The van der Waals surface area contributed by atoms with Crippen LogP contribution in [-0.2, 0) is 16.0 Å². The molecule has 0 amide bonds. The Labute approximate surface area is 150 Å². The minimum Gasteiger partial charge on any atom is -0.290 e. The molecule has 0 radical (unpaired) electrons. The van der Waals surface area contributed by atoms with Gasteiger partial charge in [-0.2, -0.15) is 13.2 Å². The monoisotopic (exact) mass is 396 g/mol. The van der Waals surface area contributed by atoms with Gasteiger partial charge in [0.25, 0.3) is 0 Å². The van der Waals surface area contributed by atoms with Crippen molar-refractivity contribution >= 4 is 36.4 Å². The van der Waals surface area contributed by atoms with E-state index in [9.17, 15) is 21.6 Å². The standard InChI is InChI=1S/C17H11F3N2O2S2/c1-26(23,24)12-6-7-14-15(8-12)25-16-21-13(9-22(14)16)10-2-4-11(5-3-10)17(18,19)20/h2-9H,1H3.